The molecule has 3 N–H and O–H groups in total. The van der Waals surface area contributed by atoms with Gasteiger partial charge in [0, 0.05) is 25.7 Å². The van der Waals surface area contributed by atoms with Crippen molar-refractivity contribution in [1.29, 1.82) is 0 Å². The highest BCUT2D eigenvalue weighted by molar-refractivity contribution is 7.47. The average Bonchev–Trinajstić information content (AvgIpc) is 0.907. The molecule has 0 aromatic rings. The van der Waals surface area contributed by atoms with Crippen molar-refractivity contribution in [3.05, 3.63) is 170 Å². The Morgan fingerprint density at radius 2 is 0.500 bits per heavy atom. The van der Waals surface area contributed by atoms with Gasteiger partial charge in [0.25, 0.3) is 0 Å². The van der Waals surface area contributed by atoms with Crippen LogP contribution in [0.3, 0.4) is 0 Å². The van der Waals surface area contributed by atoms with Crippen LogP contribution in [0.25, 0.3) is 0 Å². The number of allylic oxidation sites excluding steroid dienone is 28. The summed E-state index contributed by atoms with van der Waals surface area (Å²) in [6, 6.07) is 0. The van der Waals surface area contributed by atoms with E-state index in [-0.39, 0.29) is 25.7 Å². The number of carbonyl (C=O) groups excluding carboxylic acids is 4. The van der Waals surface area contributed by atoms with Crippen LogP contribution >= 0.6 is 15.6 Å². The fourth-order valence-corrected chi connectivity index (χ4v) is 11.6. The second-order valence-corrected chi connectivity index (χ2v) is 29.1. The third-order valence-corrected chi connectivity index (χ3v) is 18.0. The zero-order valence-corrected chi connectivity index (χ0v) is 67.6. The number of aliphatic hydroxyl groups is 1. The lowest BCUT2D eigenvalue weighted by Gasteiger charge is -2.21. The maximum Gasteiger partial charge on any atom is 0.472 e. The maximum absolute atomic E-state index is 13.1. The Morgan fingerprint density at radius 3 is 0.811 bits per heavy atom. The van der Waals surface area contributed by atoms with E-state index in [4.69, 9.17) is 37.0 Å². The summed E-state index contributed by atoms with van der Waals surface area (Å²) in [5.74, 6) is -2.33. The molecule has 0 aliphatic heterocycles. The van der Waals surface area contributed by atoms with E-state index in [9.17, 15) is 43.2 Å². The molecule has 0 saturated carbocycles. The van der Waals surface area contributed by atoms with Gasteiger partial charge in [-0.2, -0.15) is 0 Å². The molecule has 0 saturated heterocycles. The number of unbranched alkanes of at least 4 members (excludes halogenated alkanes) is 20. The van der Waals surface area contributed by atoms with Crippen molar-refractivity contribution in [3.63, 3.8) is 0 Å². The summed E-state index contributed by atoms with van der Waals surface area (Å²) in [5, 5.41) is 10.6. The van der Waals surface area contributed by atoms with Crippen molar-refractivity contribution in [2.75, 3.05) is 39.6 Å². The van der Waals surface area contributed by atoms with Gasteiger partial charge in [0.15, 0.2) is 12.2 Å². The average molecular weight is 1520 g/mol. The minimum absolute atomic E-state index is 0.00647. The van der Waals surface area contributed by atoms with Gasteiger partial charge in [0.2, 0.25) is 0 Å². The van der Waals surface area contributed by atoms with Gasteiger partial charge in [-0.1, -0.05) is 268 Å². The third-order valence-electron chi connectivity index (χ3n) is 16.1. The van der Waals surface area contributed by atoms with Gasteiger partial charge in [-0.25, -0.2) is 9.13 Å². The minimum Gasteiger partial charge on any atom is -0.462 e. The lowest BCUT2D eigenvalue weighted by Crippen LogP contribution is -2.30. The molecule has 19 heteroatoms. The molecule has 0 aromatic heterocycles. The van der Waals surface area contributed by atoms with Gasteiger partial charge < -0.3 is 33.8 Å². The zero-order valence-electron chi connectivity index (χ0n) is 65.8. The van der Waals surface area contributed by atoms with Crippen molar-refractivity contribution in [2.24, 2.45) is 0 Å². The molecule has 0 radical (unpaired) electrons. The van der Waals surface area contributed by atoms with Crippen LogP contribution in [0.5, 0.6) is 0 Å². The Bertz CT molecular complexity index is 2680. The molecule has 0 spiro atoms. The first kappa shape index (κ1) is 100. The number of phosphoric ester groups is 2. The number of aliphatic hydroxyl groups excluding tert-OH is 1. The summed E-state index contributed by atoms with van der Waals surface area (Å²) in [4.78, 5) is 73.1. The van der Waals surface area contributed by atoms with Crippen molar-refractivity contribution in [3.8, 4) is 0 Å². The Labute approximate surface area is 642 Å². The van der Waals surface area contributed by atoms with Crippen LogP contribution in [-0.4, -0.2) is 96.7 Å². The highest BCUT2D eigenvalue weighted by atomic mass is 31.2. The number of esters is 4. The number of hydrogen-bond acceptors (Lipinski definition) is 15. The van der Waals surface area contributed by atoms with E-state index in [0.29, 0.717) is 32.1 Å². The second-order valence-electron chi connectivity index (χ2n) is 26.2. The van der Waals surface area contributed by atoms with Crippen LogP contribution in [0.2, 0.25) is 0 Å². The number of carbonyl (C=O) groups is 4. The van der Waals surface area contributed by atoms with E-state index in [0.717, 1.165) is 173 Å². The van der Waals surface area contributed by atoms with E-state index in [1.807, 2.05) is 12.2 Å². The Balaban J connectivity index is 5.49. The Kier molecular flexibility index (Phi) is 73.5. The summed E-state index contributed by atoms with van der Waals surface area (Å²) in [7, 11) is -10.0. The third kappa shape index (κ3) is 76.6. The fraction of sp³-hybridized carbons (Fsp3) is 0.632. The van der Waals surface area contributed by atoms with Crippen molar-refractivity contribution in [2.45, 2.75) is 316 Å². The Hall–Kier alpha value is -5.58. The second kappa shape index (κ2) is 77.6. The van der Waals surface area contributed by atoms with Crippen LogP contribution in [0.1, 0.15) is 297 Å². The predicted octanol–water partition coefficient (Wildman–Crippen LogP) is 23.8. The number of hydrogen-bond donors (Lipinski definition) is 3. The molecule has 0 fully saturated rings. The van der Waals surface area contributed by atoms with Crippen LogP contribution in [0.15, 0.2) is 170 Å². The molecule has 0 aliphatic carbocycles. The highest BCUT2D eigenvalue weighted by Crippen LogP contribution is 2.45. The van der Waals surface area contributed by atoms with E-state index in [1.54, 1.807) is 0 Å². The molecular weight excluding hydrogens is 1380 g/mol. The molecule has 602 valence electrons. The van der Waals surface area contributed by atoms with E-state index >= 15 is 0 Å². The summed E-state index contributed by atoms with van der Waals surface area (Å²) in [6.07, 6.45) is 92.0. The molecule has 0 aliphatic rings. The van der Waals surface area contributed by atoms with E-state index in [2.05, 4.69) is 186 Å². The smallest absolute Gasteiger partial charge is 0.462 e. The summed E-state index contributed by atoms with van der Waals surface area (Å²) in [6.45, 7) is 4.44. The van der Waals surface area contributed by atoms with Crippen LogP contribution < -0.4 is 0 Å². The predicted molar refractivity (Wildman–Crippen MR) is 436 cm³/mol. The monoisotopic (exact) mass is 1520 g/mol. The molecule has 5 atom stereocenters. The first-order valence-corrected chi connectivity index (χ1v) is 43.4. The molecule has 0 aromatic carbocycles. The first-order chi connectivity index (χ1) is 51.7. The molecule has 0 heterocycles. The number of rotatable bonds is 74. The normalized spacial score (nSPS) is 14.7. The van der Waals surface area contributed by atoms with E-state index < -0.39 is 97.5 Å². The number of ether oxygens (including phenoxy) is 4. The molecular formula is C87H142O17P2. The van der Waals surface area contributed by atoms with Crippen LogP contribution in [0, 0.1) is 0 Å². The lowest BCUT2D eigenvalue weighted by atomic mass is 10.1. The fourth-order valence-electron chi connectivity index (χ4n) is 10.0. The van der Waals surface area contributed by atoms with Crippen LogP contribution in [-0.2, 0) is 65.4 Å². The van der Waals surface area contributed by atoms with Crippen molar-refractivity contribution < 1.29 is 80.2 Å². The molecule has 17 nitrogen and oxygen atoms in total. The molecule has 5 unspecified atom stereocenters. The topological polar surface area (TPSA) is 237 Å². The SMILES string of the molecule is CC/C=C\C/C=C\C/C=C\C/C=C\C/C=C\CCCC(=O)OC(COC(=O)CCCCCCCC/C=C\C/C=C\C/C=C\CCCCC)COP(=O)(O)OCC(O)COP(=O)(O)OCC(COC(=O)CCCC/C=C\C/C=C\C/C=C\C/C=C\CC)OC(=O)CCCCCCC/C=C\C/C=C\CCCCC. The lowest BCUT2D eigenvalue weighted by molar-refractivity contribution is -0.161. The molecule has 0 amide bonds. The Morgan fingerprint density at radius 1 is 0.274 bits per heavy atom. The van der Waals surface area contributed by atoms with Gasteiger partial charge in [-0.15, -0.1) is 0 Å². The largest absolute Gasteiger partial charge is 0.472 e. The van der Waals surface area contributed by atoms with Gasteiger partial charge in [0.05, 0.1) is 26.4 Å². The van der Waals surface area contributed by atoms with Gasteiger partial charge in [0.1, 0.15) is 19.3 Å². The molecule has 0 bridgehead atoms. The minimum atomic E-state index is -5.01. The van der Waals surface area contributed by atoms with Gasteiger partial charge in [-0.05, 0) is 173 Å². The molecule has 106 heavy (non-hydrogen) atoms. The quantitative estimate of drug-likeness (QED) is 0.0169. The summed E-state index contributed by atoms with van der Waals surface area (Å²) in [5.41, 5.74) is 0. The van der Waals surface area contributed by atoms with E-state index in [1.165, 1.54) is 38.5 Å². The molecule has 0 rings (SSSR count). The van der Waals surface area contributed by atoms with Gasteiger partial charge >= 0.3 is 39.5 Å². The highest BCUT2D eigenvalue weighted by Gasteiger charge is 2.30. The van der Waals surface area contributed by atoms with Crippen molar-refractivity contribution in [1.82, 2.24) is 0 Å². The standard InChI is InChI=1S/C87H142O17P2/c1-5-9-13-17-21-25-29-33-37-39-40-42-45-48-52-56-60-64-68-72-85(90)98-78-83(104-87(92)74-70-66-62-58-54-50-46-41-38-34-30-26-22-18-14-10-6-2)80-102-106(95,96)100-76-81(88)75-99-105(93,94)101-79-82(103-86(91)73-69-65-61-57-53-49-44-36-32-28-24-20-16-12-8-4)77-97-84(89)71-67-63-59-55-51-47-43-35-31-27-23-19-15-11-7-3/h10-11,14-15,21-28,33-38,40,42-44,46,50-51,55,58,62,81-83,88H,5-9,12-13,16-20,29-32,39,41,45,47-49,52-54,56-57,59-61,63-80H2,1-4H3,(H,93,94)(H,95,96)/b14-10-,15-11-,25-21-,26-22-,27-23-,28-24-,37-33-,38-34-,42-40-,43-35-,44-36-,50-46-,55-51-,62-58-. The van der Waals surface area contributed by atoms with Gasteiger partial charge in [-0.3, -0.25) is 37.3 Å². The number of phosphoric acid groups is 2. The first-order valence-electron chi connectivity index (χ1n) is 40.4. The summed E-state index contributed by atoms with van der Waals surface area (Å²) < 4.78 is 68.5. The summed E-state index contributed by atoms with van der Waals surface area (Å²) >= 11 is 0. The van der Waals surface area contributed by atoms with Crippen LogP contribution in [0.4, 0.5) is 0 Å². The zero-order chi connectivity index (χ0) is 77.4. The maximum atomic E-state index is 13.1. The van der Waals surface area contributed by atoms with Crippen molar-refractivity contribution >= 4 is 39.5 Å².